The molecule has 0 atom stereocenters. The second-order valence-corrected chi connectivity index (χ2v) is 2.93. The van der Waals surface area contributed by atoms with Crippen LogP contribution >= 0.6 is 0 Å². The summed E-state index contributed by atoms with van der Waals surface area (Å²) in [5.41, 5.74) is 1.94. The van der Waals surface area contributed by atoms with Crippen LogP contribution in [0, 0.1) is 6.92 Å². The predicted octanol–water partition coefficient (Wildman–Crippen LogP) is 1.39. The first-order valence-electron chi connectivity index (χ1n) is 4.24. The van der Waals surface area contributed by atoms with Crippen LogP contribution < -0.4 is 0 Å². The normalized spacial score (nSPS) is 10.1. The van der Waals surface area contributed by atoms with Gasteiger partial charge in [0.2, 0.25) is 0 Å². The average Bonchev–Trinajstić information content (AvgIpc) is 2.70. The second kappa shape index (κ2) is 3.41. The molecule has 0 spiro atoms. The Morgan fingerprint density at radius 1 is 1.43 bits per heavy atom. The van der Waals surface area contributed by atoms with E-state index >= 15 is 0 Å². The molecular formula is C10H9N3O. The Morgan fingerprint density at radius 3 is 2.93 bits per heavy atom. The number of aldehydes is 1. The highest BCUT2D eigenvalue weighted by Gasteiger charge is 2.04. The molecule has 0 bridgehead atoms. The van der Waals surface area contributed by atoms with E-state index < -0.39 is 0 Å². The van der Waals surface area contributed by atoms with Crippen LogP contribution in [0.4, 0.5) is 0 Å². The summed E-state index contributed by atoms with van der Waals surface area (Å²) in [5, 5.41) is 4.04. The van der Waals surface area contributed by atoms with Gasteiger partial charge in [-0.3, -0.25) is 4.79 Å². The van der Waals surface area contributed by atoms with Gasteiger partial charge >= 0.3 is 0 Å². The molecule has 0 radical (unpaired) electrons. The fourth-order valence-electron chi connectivity index (χ4n) is 1.26. The Labute approximate surface area is 81.2 Å². The van der Waals surface area contributed by atoms with Gasteiger partial charge in [-0.25, -0.2) is 9.67 Å². The number of carbonyl (C=O) groups excluding carboxylic acids is 1. The second-order valence-electron chi connectivity index (χ2n) is 2.93. The van der Waals surface area contributed by atoms with Gasteiger partial charge in [0.05, 0.1) is 5.69 Å². The zero-order valence-corrected chi connectivity index (χ0v) is 7.71. The first kappa shape index (κ1) is 8.62. The molecular weight excluding hydrogens is 178 g/mol. The third-order valence-electron chi connectivity index (χ3n) is 1.90. The minimum Gasteiger partial charge on any atom is -0.296 e. The molecule has 0 saturated heterocycles. The van der Waals surface area contributed by atoms with Crippen molar-refractivity contribution in [2.45, 2.75) is 6.92 Å². The maximum absolute atomic E-state index is 10.8. The molecule has 0 amide bonds. The molecule has 0 unspecified atom stereocenters. The number of aromatic nitrogens is 3. The minimum absolute atomic E-state index is 0.411. The van der Waals surface area contributed by atoms with Gasteiger partial charge in [-0.15, -0.1) is 0 Å². The summed E-state index contributed by atoms with van der Waals surface area (Å²) in [6.45, 7) is 1.85. The molecule has 2 aromatic rings. The topological polar surface area (TPSA) is 47.8 Å². The maximum Gasteiger partial charge on any atom is 0.170 e. The van der Waals surface area contributed by atoms with Crippen molar-refractivity contribution in [1.29, 1.82) is 0 Å². The Bertz CT molecular complexity index is 448. The molecule has 0 aliphatic heterocycles. The molecule has 0 N–H and O–H groups in total. The standard InChI is InChI=1S/C10H9N3O/c1-8-3-4-10(9(7-14)12-8)13-6-2-5-11-13/h2-7H,1H3. The predicted molar refractivity (Wildman–Crippen MR) is 51.5 cm³/mol. The zero-order chi connectivity index (χ0) is 9.97. The molecule has 70 valence electrons. The molecule has 2 rings (SSSR count). The molecule has 14 heavy (non-hydrogen) atoms. The van der Waals surface area contributed by atoms with E-state index in [-0.39, 0.29) is 0 Å². The van der Waals surface area contributed by atoms with Crippen LogP contribution in [0.15, 0.2) is 30.6 Å². The smallest absolute Gasteiger partial charge is 0.170 e. The Balaban J connectivity index is 2.58. The lowest BCUT2D eigenvalue weighted by atomic mass is 10.3. The molecule has 0 saturated carbocycles. The Hall–Kier alpha value is -1.97. The van der Waals surface area contributed by atoms with Gasteiger partial charge in [-0.05, 0) is 25.1 Å². The summed E-state index contributed by atoms with van der Waals surface area (Å²) in [7, 11) is 0. The summed E-state index contributed by atoms with van der Waals surface area (Å²) >= 11 is 0. The van der Waals surface area contributed by atoms with E-state index in [1.54, 1.807) is 23.1 Å². The van der Waals surface area contributed by atoms with Crippen LogP contribution in [-0.4, -0.2) is 21.1 Å². The molecule has 2 heterocycles. The van der Waals surface area contributed by atoms with Crippen molar-refractivity contribution < 1.29 is 4.79 Å². The van der Waals surface area contributed by atoms with Crippen LogP contribution in [0.5, 0.6) is 0 Å². The van der Waals surface area contributed by atoms with Crippen molar-refractivity contribution in [2.24, 2.45) is 0 Å². The van der Waals surface area contributed by atoms with Gasteiger partial charge < -0.3 is 0 Å². The minimum atomic E-state index is 0.411. The lowest BCUT2D eigenvalue weighted by Gasteiger charge is -2.04. The van der Waals surface area contributed by atoms with Gasteiger partial charge in [0.15, 0.2) is 6.29 Å². The van der Waals surface area contributed by atoms with Crippen LogP contribution in [0.1, 0.15) is 16.2 Å². The van der Waals surface area contributed by atoms with Crippen molar-refractivity contribution in [3.63, 3.8) is 0 Å². The van der Waals surface area contributed by atoms with Gasteiger partial charge in [0, 0.05) is 18.1 Å². The third kappa shape index (κ3) is 1.42. The Kier molecular flexibility index (Phi) is 2.10. The summed E-state index contributed by atoms with van der Waals surface area (Å²) in [6.07, 6.45) is 4.18. The average molecular weight is 187 g/mol. The highest BCUT2D eigenvalue weighted by Crippen LogP contribution is 2.10. The van der Waals surface area contributed by atoms with E-state index in [4.69, 9.17) is 0 Å². The zero-order valence-electron chi connectivity index (χ0n) is 7.71. The van der Waals surface area contributed by atoms with E-state index in [1.165, 1.54) is 0 Å². The van der Waals surface area contributed by atoms with Gasteiger partial charge in [-0.2, -0.15) is 5.10 Å². The highest BCUT2D eigenvalue weighted by atomic mass is 16.1. The first-order chi connectivity index (χ1) is 6.81. The number of carbonyl (C=O) groups is 1. The van der Waals surface area contributed by atoms with Crippen molar-refractivity contribution >= 4 is 6.29 Å². The lowest BCUT2D eigenvalue weighted by Crippen LogP contribution is -2.02. The molecule has 0 aliphatic carbocycles. The summed E-state index contributed by atoms with van der Waals surface area (Å²) < 4.78 is 1.62. The van der Waals surface area contributed by atoms with Crippen molar-refractivity contribution in [3.05, 3.63) is 42.0 Å². The fourth-order valence-corrected chi connectivity index (χ4v) is 1.26. The molecule has 0 aliphatic rings. The molecule has 0 aromatic carbocycles. The molecule has 0 fully saturated rings. The lowest BCUT2D eigenvalue weighted by molar-refractivity contribution is 0.111. The number of hydrogen-bond donors (Lipinski definition) is 0. The molecule has 4 heteroatoms. The van der Waals surface area contributed by atoms with Crippen LogP contribution in [-0.2, 0) is 0 Å². The highest BCUT2D eigenvalue weighted by molar-refractivity contribution is 5.77. The number of hydrogen-bond acceptors (Lipinski definition) is 3. The molecule has 4 nitrogen and oxygen atoms in total. The quantitative estimate of drug-likeness (QED) is 0.667. The van der Waals surface area contributed by atoms with Crippen molar-refractivity contribution in [2.75, 3.05) is 0 Å². The largest absolute Gasteiger partial charge is 0.296 e. The van der Waals surface area contributed by atoms with Crippen molar-refractivity contribution in [1.82, 2.24) is 14.8 Å². The van der Waals surface area contributed by atoms with Crippen LogP contribution in [0.2, 0.25) is 0 Å². The number of rotatable bonds is 2. The van der Waals surface area contributed by atoms with Gasteiger partial charge in [0.25, 0.3) is 0 Å². The first-order valence-corrected chi connectivity index (χ1v) is 4.24. The fraction of sp³-hybridized carbons (Fsp3) is 0.100. The van der Waals surface area contributed by atoms with Crippen LogP contribution in [0.25, 0.3) is 5.69 Å². The summed E-state index contributed by atoms with van der Waals surface area (Å²) in [4.78, 5) is 14.9. The van der Waals surface area contributed by atoms with Crippen LogP contribution in [0.3, 0.4) is 0 Å². The molecule has 2 aromatic heterocycles. The SMILES string of the molecule is Cc1ccc(-n2cccn2)c(C=O)n1. The Morgan fingerprint density at radius 2 is 2.29 bits per heavy atom. The van der Waals surface area contributed by atoms with Gasteiger partial charge in [-0.1, -0.05) is 0 Å². The number of nitrogens with zero attached hydrogens (tertiary/aromatic N) is 3. The number of aryl methyl sites for hydroxylation is 1. The summed E-state index contributed by atoms with van der Waals surface area (Å²) in [6, 6.07) is 5.48. The summed E-state index contributed by atoms with van der Waals surface area (Å²) in [5.74, 6) is 0. The monoisotopic (exact) mass is 187 g/mol. The van der Waals surface area contributed by atoms with Crippen molar-refractivity contribution in [3.8, 4) is 5.69 Å². The number of pyridine rings is 1. The van der Waals surface area contributed by atoms with E-state index in [1.807, 2.05) is 19.1 Å². The van der Waals surface area contributed by atoms with E-state index in [0.29, 0.717) is 11.4 Å². The van der Waals surface area contributed by atoms with E-state index in [0.717, 1.165) is 12.0 Å². The van der Waals surface area contributed by atoms with E-state index in [2.05, 4.69) is 10.1 Å². The third-order valence-corrected chi connectivity index (χ3v) is 1.90. The van der Waals surface area contributed by atoms with E-state index in [9.17, 15) is 4.79 Å². The van der Waals surface area contributed by atoms with Gasteiger partial charge in [0.1, 0.15) is 5.69 Å². The maximum atomic E-state index is 10.8.